The van der Waals surface area contributed by atoms with E-state index >= 15 is 0 Å². The Bertz CT molecular complexity index is 210. The maximum atomic E-state index is 5.59. The lowest BCUT2D eigenvalue weighted by atomic mass is 9.82. The predicted molar refractivity (Wildman–Crippen MR) is 77.9 cm³/mol. The zero-order chi connectivity index (χ0) is 12.9. The first-order chi connectivity index (χ1) is 8.10. The second-order valence-electron chi connectivity index (χ2n) is 5.64. The van der Waals surface area contributed by atoms with Gasteiger partial charge in [-0.05, 0) is 42.9 Å². The van der Waals surface area contributed by atoms with Crippen molar-refractivity contribution < 1.29 is 4.74 Å². The summed E-state index contributed by atoms with van der Waals surface area (Å²) in [6.07, 6.45) is 4.11. The number of likely N-dealkylation sites (tertiary alicyclic amines) is 1. The third-order valence-electron chi connectivity index (χ3n) is 4.67. The molecule has 0 N–H and O–H groups in total. The zero-order valence-corrected chi connectivity index (χ0v) is 12.8. The van der Waals surface area contributed by atoms with Crippen molar-refractivity contribution >= 4 is 12.6 Å². The van der Waals surface area contributed by atoms with Crippen molar-refractivity contribution in [3.05, 3.63) is 0 Å². The highest BCUT2D eigenvalue weighted by Gasteiger charge is 2.32. The van der Waals surface area contributed by atoms with Crippen molar-refractivity contribution in [3.8, 4) is 0 Å². The van der Waals surface area contributed by atoms with E-state index in [9.17, 15) is 0 Å². The van der Waals surface area contributed by atoms with Gasteiger partial charge in [-0.15, -0.1) is 0 Å². The first-order valence-corrected chi connectivity index (χ1v) is 7.60. The molecule has 1 saturated heterocycles. The van der Waals surface area contributed by atoms with Gasteiger partial charge < -0.3 is 9.64 Å². The highest BCUT2D eigenvalue weighted by Crippen LogP contribution is 2.31. The van der Waals surface area contributed by atoms with Crippen LogP contribution in [0.15, 0.2) is 0 Å². The van der Waals surface area contributed by atoms with Gasteiger partial charge in [0, 0.05) is 20.2 Å². The lowest BCUT2D eigenvalue weighted by Gasteiger charge is -2.42. The number of methoxy groups -OCH3 is 1. The van der Waals surface area contributed by atoms with Crippen LogP contribution in [0.25, 0.3) is 0 Å². The van der Waals surface area contributed by atoms with Crippen LogP contribution in [-0.2, 0) is 4.74 Å². The molecule has 0 aromatic carbocycles. The first-order valence-electron chi connectivity index (χ1n) is 6.96. The molecule has 17 heavy (non-hydrogen) atoms. The van der Waals surface area contributed by atoms with E-state index in [0.29, 0.717) is 17.4 Å². The summed E-state index contributed by atoms with van der Waals surface area (Å²) in [4.78, 5) is 2.58. The number of hydrogen-bond donors (Lipinski definition) is 1. The van der Waals surface area contributed by atoms with E-state index in [1.807, 2.05) is 7.11 Å². The van der Waals surface area contributed by atoms with E-state index in [2.05, 4.69) is 38.3 Å². The number of piperidine rings is 1. The Morgan fingerprint density at radius 2 is 2.00 bits per heavy atom. The standard InChI is InChI=1S/C14H29NOS/c1-5-14(6-2,11-17)10-15-8-7-12(3)13(9-15)16-4/h12-13,17H,5-11H2,1-4H3. The topological polar surface area (TPSA) is 12.5 Å². The lowest BCUT2D eigenvalue weighted by molar-refractivity contribution is -0.0168. The molecule has 0 aromatic rings. The molecule has 0 saturated carbocycles. The van der Waals surface area contributed by atoms with Gasteiger partial charge in [-0.1, -0.05) is 20.8 Å². The summed E-state index contributed by atoms with van der Waals surface area (Å²) in [6.45, 7) is 10.4. The summed E-state index contributed by atoms with van der Waals surface area (Å²) >= 11 is 4.57. The van der Waals surface area contributed by atoms with E-state index in [4.69, 9.17) is 4.74 Å². The van der Waals surface area contributed by atoms with Crippen molar-refractivity contribution in [1.29, 1.82) is 0 Å². The fourth-order valence-electron chi connectivity index (χ4n) is 2.77. The van der Waals surface area contributed by atoms with Gasteiger partial charge in [0.15, 0.2) is 0 Å². The summed E-state index contributed by atoms with van der Waals surface area (Å²) in [5, 5.41) is 0. The van der Waals surface area contributed by atoms with Crippen LogP contribution in [0, 0.1) is 11.3 Å². The third-order valence-corrected chi connectivity index (χ3v) is 5.34. The minimum atomic E-state index is 0.391. The van der Waals surface area contributed by atoms with Crippen molar-refractivity contribution in [2.24, 2.45) is 11.3 Å². The predicted octanol–water partition coefficient (Wildman–Crippen LogP) is 3.08. The Balaban J connectivity index is 2.56. The molecule has 1 fully saturated rings. The van der Waals surface area contributed by atoms with Crippen LogP contribution in [0.5, 0.6) is 0 Å². The molecule has 0 amide bonds. The summed E-state index contributed by atoms with van der Waals surface area (Å²) in [7, 11) is 1.84. The molecule has 2 nitrogen and oxygen atoms in total. The Morgan fingerprint density at radius 1 is 1.35 bits per heavy atom. The molecule has 0 aliphatic carbocycles. The van der Waals surface area contributed by atoms with Gasteiger partial charge in [0.2, 0.25) is 0 Å². The van der Waals surface area contributed by atoms with Crippen LogP contribution in [0.1, 0.15) is 40.0 Å². The van der Waals surface area contributed by atoms with E-state index < -0.39 is 0 Å². The van der Waals surface area contributed by atoms with E-state index in [1.54, 1.807) is 0 Å². The van der Waals surface area contributed by atoms with Crippen molar-refractivity contribution in [3.63, 3.8) is 0 Å². The van der Waals surface area contributed by atoms with Crippen molar-refractivity contribution in [1.82, 2.24) is 4.90 Å². The maximum absolute atomic E-state index is 5.59. The molecule has 1 aliphatic rings. The maximum Gasteiger partial charge on any atom is 0.0724 e. The lowest BCUT2D eigenvalue weighted by Crippen LogP contribution is -2.48. The van der Waals surface area contributed by atoms with Gasteiger partial charge in [0.05, 0.1) is 6.10 Å². The minimum Gasteiger partial charge on any atom is -0.380 e. The Labute approximate surface area is 113 Å². The van der Waals surface area contributed by atoms with E-state index in [-0.39, 0.29) is 0 Å². The molecule has 1 heterocycles. The Hall–Kier alpha value is 0.270. The van der Waals surface area contributed by atoms with Crippen LogP contribution in [0.3, 0.4) is 0 Å². The van der Waals surface area contributed by atoms with Crippen LogP contribution in [0.4, 0.5) is 0 Å². The number of hydrogen-bond acceptors (Lipinski definition) is 3. The molecule has 3 heteroatoms. The Morgan fingerprint density at radius 3 is 2.47 bits per heavy atom. The molecular weight excluding hydrogens is 230 g/mol. The van der Waals surface area contributed by atoms with E-state index in [0.717, 1.165) is 12.3 Å². The Kier molecular flexibility index (Phi) is 6.32. The molecule has 2 unspecified atom stereocenters. The summed E-state index contributed by atoms with van der Waals surface area (Å²) in [6, 6.07) is 0. The quantitative estimate of drug-likeness (QED) is 0.736. The number of rotatable bonds is 6. The van der Waals surface area contributed by atoms with Crippen molar-refractivity contribution in [2.45, 2.75) is 46.1 Å². The van der Waals surface area contributed by atoms with Gasteiger partial charge in [0.1, 0.15) is 0 Å². The number of nitrogens with zero attached hydrogens (tertiary/aromatic N) is 1. The average Bonchev–Trinajstić information content (AvgIpc) is 2.38. The van der Waals surface area contributed by atoms with Gasteiger partial charge in [-0.2, -0.15) is 12.6 Å². The van der Waals surface area contributed by atoms with Gasteiger partial charge in [-0.25, -0.2) is 0 Å². The van der Waals surface area contributed by atoms with Crippen LogP contribution in [-0.4, -0.2) is 43.5 Å². The zero-order valence-electron chi connectivity index (χ0n) is 11.9. The molecule has 0 aromatic heterocycles. The minimum absolute atomic E-state index is 0.391. The first kappa shape index (κ1) is 15.3. The number of thiol groups is 1. The molecular formula is C14H29NOS. The smallest absolute Gasteiger partial charge is 0.0724 e. The van der Waals surface area contributed by atoms with Gasteiger partial charge in [0.25, 0.3) is 0 Å². The van der Waals surface area contributed by atoms with Gasteiger partial charge >= 0.3 is 0 Å². The summed E-state index contributed by atoms with van der Waals surface area (Å²) in [5.41, 5.74) is 0.391. The summed E-state index contributed by atoms with van der Waals surface area (Å²) < 4.78 is 5.59. The molecule has 1 aliphatic heterocycles. The number of ether oxygens (including phenoxy) is 1. The SMILES string of the molecule is CCC(CC)(CS)CN1CCC(C)C(OC)C1. The largest absolute Gasteiger partial charge is 0.380 e. The highest BCUT2D eigenvalue weighted by atomic mass is 32.1. The normalized spacial score (nSPS) is 27.4. The molecule has 0 spiro atoms. The molecule has 1 rings (SSSR count). The molecule has 0 bridgehead atoms. The fourth-order valence-corrected chi connectivity index (χ4v) is 3.32. The van der Waals surface area contributed by atoms with E-state index in [1.165, 1.54) is 32.4 Å². The van der Waals surface area contributed by atoms with Crippen molar-refractivity contribution in [2.75, 3.05) is 32.5 Å². The molecule has 102 valence electrons. The monoisotopic (exact) mass is 259 g/mol. The second kappa shape index (κ2) is 7.01. The van der Waals surface area contributed by atoms with Gasteiger partial charge in [-0.3, -0.25) is 0 Å². The van der Waals surface area contributed by atoms with Crippen LogP contribution >= 0.6 is 12.6 Å². The molecule has 0 radical (unpaired) electrons. The highest BCUT2D eigenvalue weighted by molar-refractivity contribution is 7.80. The summed E-state index contributed by atoms with van der Waals surface area (Å²) in [5.74, 6) is 1.69. The fraction of sp³-hybridized carbons (Fsp3) is 1.00. The average molecular weight is 259 g/mol. The second-order valence-corrected chi connectivity index (χ2v) is 5.96. The van der Waals surface area contributed by atoms with Crippen LogP contribution < -0.4 is 0 Å². The molecule has 2 atom stereocenters. The van der Waals surface area contributed by atoms with Crippen LogP contribution in [0.2, 0.25) is 0 Å². The third kappa shape index (κ3) is 3.87.